The first-order chi connectivity index (χ1) is 12.7. The van der Waals surface area contributed by atoms with Crippen LogP contribution in [-0.4, -0.2) is 46.6 Å². The van der Waals surface area contributed by atoms with E-state index in [-0.39, 0.29) is 5.91 Å². The van der Waals surface area contributed by atoms with Crippen LogP contribution in [0.3, 0.4) is 0 Å². The normalized spacial score (nSPS) is 16.8. The number of hydrogen-bond donors (Lipinski definition) is 1. The summed E-state index contributed by atoms with van der Waals surface area (Å²) in [6.07, 6.45) is 3.85. The second-order valence-electron chi connectivity index (χ2n) is 6.61. The molecule has 7 heteroatoms. The number of nitrogens with zero attached hydrogens (tertiary/aromatic N) is 3. The van der Waals surface area contributed by atoms with Crippen molar-refractivity contribution in [3.05, 3.63) is 35.2 Å². The minimum Gasteiger partial charge on any atom is -0.339 e. The van der Waals surface area contributed by atoms with Gasteiger partial charge < -0.3 is 14.7 Å². The summed E-state index contributed by atoms with van der Waals surface area (Å²) in [4.78, 5) is 19.0. The van der Waals surface area contributed by atoms with Crippen LogP contribution in [0.4, 0.5) is 0 Å². The molecule has 26 heavy (non-hydrogen) atoms. The van der Waals surface area contributed by atoms with Crippen LogP contribution in [0.2, 0.25) is 5.02 Å². The van der Waals surface area contributed by atoms with Gasteiger partial charge in [-0.3, -0.25) is 4.79 Å². The Hall–Kier alpha value is -1.92. The number of hydrogen-bond acceptors (Lipinski definition) is 5. The van der Waals surface area contributed by atoms with E-state index in [1.165, 1.54) is 0 Å². The zero-order chi connectivity index (χ0) is 18.4. The summed E-state index contributed by atoms with van der Waals surface area (Å²) in [6.45, 7) is 4.83. The summed E-state index contributed by atoms with van der Waals surface area (Å²) in [5.41, 5.74) is 0.864. The van der Waals surface area contributed by atoms with Crippen LogP contribution in [0.15, 0.2) is 28.8 Å². The molecule has 0 radical (unpaired) electrons. The molecule has 0 bridgehead atoms. The molecule has 2 aromatic rings. The molecule has 1 aromatic heterocycles. The third-order valence-electron chi connectivity index (χ3n) is 4.61. The van der Waals surface area contributed by atoms with E-state index in [4.69, 9.17) is 16.1 Å². The molecule has 0 aliphatic carbocycles. The smallest absolute Gasteiger partial charge is 0.226 e. The summed E-state index contributed by atoms with van der Waals surface area (Å²) in [7, 11) is 0. The number of aryl methyl sites for hydroxylation is 1. The van der Waals surface area contributed by atoms with Crippen LogP contribution >= 0.6 is 11.6 Å². The molecule has 140 valence electrons. The topological polar surface area (TPSA) is 71.3 Å². The number of rotatable bonds is 8. The van der Waals surface area contributed by atoms with Crippen molar-refractivity contribution in [2.24, 2.45) is 0 Å². The molecule has 1 saturated heterocycles. The Labute approximate surface area is 158 Å². The predicted octanol–water partition coefficient (Wildman–Crippen LogP) is 3.31. The highest BCUT2D eigenvalue weighted by Gasteiger charge is 2.25. The van der Waals surface area contributed by atoms with Crippen LogP contribution in [-0.2, 0) is 11.2 Å². The van der Waals surface area contributed by atoms with Gasteiger partial charge in [-0.1, -0.05) is 23.7 Å². The minimum absolute atomic E-state index is 0.220. The number of benzene rings is 1. The molecular formula is C19H25ClN4O2. The summed E-state index contributed by atoms with van der Waals surface area (Å²) >= 11 is 5.89. The van der Waals surface area contributed by atoms with Crippen LogP contribution in [0, 0.1) is 0 Å². The third kappa shape index (κ3) is 4.83. The zero-order valence-corrected chi connectivity index (χ0v) is 15.8. The molecule has 1 fully saturated rings. The molecule has 0 saturated carbocycles. The Balaban J connectivity index is 1.51. The minimum atomic E-state index is 0.220. The van der Waals surface area contributed by atoms with Gasteiger partial charge in [-0.2, -0.15) is 4.98 Å². The monoisotopic (exact) mass is 376 g/mol. The Kier molecular flexibility index (Phi) is 6.63. The maximum absolute atomic E-state index is 12.6. The number of amides is 1. The largest absolute Gasteiger partial charge is 0.339 e. The third-order valence-corrected chi connectivity index (χ3v) is 4.86. The molecule has 2 heterocycles. The number of nitrogens with one attached hydrogen (secondary N) is 1. The van der Waals surface area contributed by atoms with Crippen molar-refractivity contribution in [1.29, 1.82) is 0 Å². The van der Waals surface area contributed by atoms with Crippen LogP contribution < -0.4 is 5.32 Å². The van der Waals surface area contributed by atoms with Gasteiger partial charge >= 0.3 is 0 Å². The fourth-order valence-electron chi connectivity index (χ4n) is 3.26. The highest BCUT2D eigenvalue weighted by atomic mass is 35.5. The molecule has 0 spiro atoms. The maximum Gasteiger partial charge on any atom is 0.226 e. The Morgan fingerprint density at radius 2 is 2.19 bits per heavy atom. The van der Waals surface area contributed by atoms with Gasteiger partial charge in [0, 0.05) is 42.6 Å². The van der Waals surface area contributed by atoms with Crippen molar-refractivity contribution in [3.63, 3.8) is 0 Å². The molecule has 1 unspecified atom stereocenters. The maximum atomic E-state index is 12.6. The fraction of sp³-hybridized carbons (Fsp3) is 0.526. The quantitative estimate of drug-likeness (QED) is 0.765. The highest BCUT2D eigenvalue weighted by molar-refractivity contribution is 6.30. The molecule has 1 atom stereocenters. The van der Waals surface area contributed by atoms with E-state index in [0.29, 0.717) is 42.0 Å². The Morgan fingerprint density at radius 3 is 2.88 bits per heavy atom. The van der Waals surface area contributed by atoms with Gasteiger partial charge in [-0.05, 0) is 50.1 Å². The number of carbonyl (C=O) groups excluding carboxylic acids is 1. The first-order valence-electron chi connectivity index (χ1n) is 9.26. The lowest BCUT2D eigenvalue weighted by molar-refractivity contribution is -0.133. The zero-order valence-electron chi connectivity index (χ0n) is 15.1. The SMILES string of the molecule is CCCN(C(=O)CCCc1nc(-c2ccc(Cl)cc2)no1)C1CCNC1. The van der Waals surface area contributed by atoms with Gasteiger partial charge in [-0.25, -0.2) is 0 Å². The average Bonchev–Trinajstić information content (AvgIpc) is 3.32. The van der Waals surface area contributed by atoms with Crippen LogP contribution in [0.25, 0.3) is 11.4 Å². The first kappa shape index (κ1) is 18.9. The van der Waals surface area contributed by atoms with E-state index >= 15 is 0 Å². The fourth-order valence-corrected chi connectivity index (χ4v) is 3.39. The summed E-state index contributed by atoms with van der Waals surface area (Å²) in [5, 5.41) is 8.01. The predicted molar refractivity (Wildman–Crippen MR) is 101 cm³/mol. The van der Waals surface area contributed by atoms with Crippen molar-refractivity contribution in [2.75, 3.05) is 19.6 Å². The van der Waals surface area contributed by atoms with Gasteiger partial charge in [0.2, 0.25) is 17.6 Å². The Morgan fingerprint density at radius 1 is 1.38 bits per heavy atom. The lowest BCUT2D eigenvalue weighted by atomic mass is 10.1. The molecule has 1 aliphatic rings. The molecule has 1 aliphatic heterocycles. The number of halogens is 1. The van der Waals surface area contributed by atoms with E-state index in [0.717, 1.165) is 38.0 Å². The second kappa shape index (κ2) is 9.14. The van der Waals surface area contributed by atoms with Gasteiger partial charge in [0.1, 0.15) is 0 Å². The van der Waals surface area contributed by atoms with Crippen molar-refractivity contribution in [2.45, 2.75) is 45.1 Å². The molecule has 1 aromatic carbocycles. The van der Waals surface area contributed by atoms with E-state index < -0.39 is 0 Å². The first-order valence-corrected chi connectivity index (χ1v) is 9.64. The lowest BCUT2D eigenvalue weighted by Crippen LogP contribution is -2.42. The van der Waals surface area contributed by atoms with Crippen LogP contribution in [0.1, 0.15) is 38.5 Å². The van der Waals surface area contributed by atoms with Crippen molar-refractivity contribution >= 4 is 17.5 Å². The lowest BCUT2D eigenvalue weighted by Gasteiger charge is -2.28. The van der Waals surface area contributed by atoms with Crippen molar-refractivity contribution in [1.82, 2.24) is 20.4 Å². The summed E-state index contributed by atoms with van der Waals surface area (Å²) in [6, 6.07) is 7.65. The molecule has 3 rings (SSSR count). The van der Waals surface area contributed by atoms with Crippen LogP contribution in [0.5, 0.6) is 0 Å². The standard InChI is InChI=1S/C19H25ClN4O2/c1-2-12-24(16-10-11-21-13-16)18(25)5-3-4-17-22-19(23-26-17)14-6-8-15(20)9-7-14/h6-9,16,21H,2-5,10-13H2,1H3. The van der Waals surface area contributed by atoms with E-state index in [9.17, 15) is 4.79 Å². The average molecular weight is 377 g/mol. The van der Waals surface area contributed by atoms with Gasteiger partial charge in [0.05, 0.1) is 0 Å². The van der Waals surface area contributed by atoms with E-state index in [2.05, 4.69) is 22.4 Å². The Bertz CT molecular complexity index is 711. The molecule has 6 nitrogen and oxygen atoms in total. The number of carbonyl (C=O) groups is 1. The van der Waals surface area contributed by atoms with Gasteiger partial charge in [0.15, 0.2) is 0 Å². The van der Waals surface area contributed by atoms with Gasteiger partial charge in [-0.15, -0.1) is 0 Å². The van der Waals surface area contributed by atoms with Gasteiger partial charge in [0.25, 0.3) is 0 Å². The molecule has 1 N–H and O–H groups in total. The van der Waals surface area contributed by atoms with E-state index in [1.807, 2.05) is 17.0 Å². The highest BCUT2D eigenvalue weighted by Crippen LogP contribution is 2.19. The second-order valence-corrected chi connectivity index (χ2v) is 7.04. The van der Waals surface area contributed by atoms with E-state index in [1.54, 1.807) is 12.1 Å². The summed E-state index contributed by atoms with van der Waals surface area (Å²) < 4.78 is 5.31. The summed E-state index contributed by atoms with van der Waals surface area (Å²) in [5.74, 6) is 1.33. The molecule has 1 amide bonds. The molecular weight excluding hydrogens is 352 g/mol. The van der Waals surface area contributed by atoms with Crippen molar-refractivity contribution < 1.29 is 9.32 Å². The van der Waals surface area contributed by atoms with Crippen molar-refractivity contribution in [3.8, 4) is 11.4 Å². The number of aromatic nitrogens is 2.